The average molecular weight is 423 g/mol. The lowest BCUT2D eigenvalue weighted by molar-refractivity contribution is 0.0939. The molecule has 0 N–H and O–H groups in total. The van der Waals surface area contributed by atoms with Crippen molar-refractivity contribution in [2.45, 2.75) is 82.3 Å². The minimum atomic E-state index is 0.187. The molecule has 2 aliphatic rings. The van der Waals surface area contributed by atoms with Crippen LogP contribution in [0.1, 0.15) is 64.7 Å². The van der Waals surface area contributed by atoms with E-state index in [0.717, 1.165) is 32.3 Å². The van der Waals surface area contributed by atoms with E-state index in [1.807, 2.05) is 6.92 Å². The van der Waals surface area contributed by atoms with Crippen LogP contribution >= 0.6 is 30.5 Å². The van der Waals surface area contributed by atoms with Gasteiger partial charge in [-0.3, -0.25) is 0 Å². The summed E-state index contributed by atoms with van der Waals surface area (Å²) in [5, 5.41) is 0.187. The SMILES string of the molecule is CCOC/C=C/CC1C(Cl)CC(OP)C1CCC(OP)C1CCCCC1. The second-order valence-corrected chi connectivity index (χ2v) is 8.88. The van der Waals surface area contributed by atoms with Gasteiger partial charge in [-0.2, -0.15) is 0 Å². The zero-order valence-corrected chi connectivity index (χ0v) is 19.2. The fraction of sp³-hybridized carbons (Fsp3) is 0.900. The Morgan fingerprint density at radius 1 is 1.12 bits per heavy atom. The third-order valence-electron chi connectivity index (χ3n) is 6.25. The van der Waals surface area contributed by atoms with Crippen molar-refractivity contribution in [1.29, 1.82) is 0 Å². The molecule has 0 spiro atoms. The van der Waals surface area contributed by atoms with Crippen LogP contribution in [-0.4, -0.2) is 30.8 Å². The molecule has 0 radical (unpaired) electrons. The zero-order valence-electron chi connectivity index (χ0n) is 16.2. The first-order valence-electron chi connectivity index (χ1n) is 10.3. The first kappa shape index (κ1) is 23.1. The van der Waals surface area contributed by atoms with Gasteiger partial charge in [0.25, 0.3) is 0 Å². The van der Waals surface area contributed by atoms with Gasteiger partial charge in [-0.1, -0.05) is 31.4 Å². The van der Waals surface area contributed by atoms with E-state index in [2.05, 4.69) is 31.1 Å². The Hall–Kier alpha value is 0.770. The first-order chi connectivity index (χ1) is 12.7. The Bertz CT molecular complexity index is 405. The molecule has 0 aliphatic heterocycles. The molecule has 0 aromatic carbocycles. The van der Waals surface area contributed by atoms with Gasteiger partial charge in [0.2, 0.25) is 0 Å². The summed E-state index contributed by atoms with van der Waals surface area (Å²) in [6.07, 6.45) is 15.8. The van der Waals surface area contributed by atoms with Crippen LogP contribution in [0, 0.1) is 17.8 Å². The van der Waals surface area contributed by atoms with Crippen molar-refractivity contribution in [3.8, 4) is 0 Å². The molecule has 6 heteroatoms. The van der Waals surface area contributed by atoms with Crippen LogP contribution < -0.4 is 0 Å². The molecule has 2 aliphatic carbocycles. The Morgan fingerprint density at radius 3 is 2.54 bits per heavy atom. The highest BCUT2D eigenvalue weighted by Gasteiger charge is 2.42. The van der Waals surface area contributed by atoms with E-state index in [1.54, 1.807) is 0 Å². The topological polar surface area (TPSA) is 27.7 Å². The lowest BCUT2D eigenvalue weighted by Crippen LogP contribution is -2.27. The number of halogens is 1. The van der Waals surface area contributed by atoms with Gasteiger partial charge in [-0.25, -0.2) is 0 Å². The van der Waals surface area contributed by atoms with Crippen molar-refractivity contribution in [2.75, 3.05) is 13.2 Å². The highest BCUT2D eigenvalue weighted by molar-refractivity contribution is 7.10. The molecule has 0 bridgehead atoms. The molecule has 7 atom stereocenters. The summed E-state index contributed by atoms with van der Waals surface area (Å²) in [5.41, 5.74) is 0. The van der Waals surface area contributed by atoms with Crippen LogP contribution in [0.15, 0.2) is 12.2 Å². The van der Waals surface area contributed by atoms with E-state index in [-0.39, 0.29) is 11.5 Å². The number of ether oxygens (including phenoxy) is 1. The molecule has 0 amide bonds. The normalized spacial score (nSPS) is 31.7. The minimum absolute atomic E-state index is 0.187. The fourth-order valence-electron chi connectivity index (χ4n) is 4.78. The molecule has 0 heterocycles. The van der Waals surface area contributed by atoms with E-state index in [0.29, 0.717) is 30.5 Å². The van der Waals surface area contributed by atoms with Crippen molar-refractivity contribution in [3.05, 3.63) is 12.2 Å². The molecule has 2 fully saturated rings. The van der Waals surface area contributed by atoms with Crippen molar-refractivity contribution < 1.29 is 13.8 Å². The third-order valence-corrected chi connectivity index (χ3v) is 7.45. The van der Waals surface area contributed by atoms with Gasteiger partial charge >= 0.3 is 0 Å². The van der Waals surface area contributed by atoms with Gasteiger partial charge in [0.1, 0.15) is 0 Å². The van der Waals surface area contributed by atoms with Gasteiger partial charge in [-0.15, -0.1) is 11.6 Å². The van der Waals surface area contributed by atoms with Crippen LogP contribution in [-0.2, 0) is 13.8 Å². The lowest BCUT2D eigenvalue weighted by Gasteiger charge is -2.31. The Morgan fingerprint density at radius 2 is 1.88 bits per heavy atom. The predicted octanol–water partition coefficient (Wildman–Crippen LogP) is 5.92. The van der Waals surface area contributed by atoms with Crippen LogP contribution in [0.5, 0.6) is 0 Å². The monoisotopic (exact) mass is 422 g/mol. The average Bonchev–Trinajstić information content (AvgIpc) is 2.98. The van der Waals surface area contributed by atoms with Crippen molar-refractivity contribution >= 4 is 30.5 Å². The van der Waals surface area contributed by atoms with Crippen LogP contribution in [0.2, 0.25) is 0 Å². The molecule has 0 aromatic heterocycles. The Labute approximate surface area is 169 Å². The highest BCUT2D eigenvalue weighted by Crippen LogP contribution is 2.44. The number of alkyl halides is 1. The smallest absolute Gasteiger partial charge is 0.0656 e. The minimum Gasteiger partial charge on any atom is -0.378 e. The maximum atomic E-state index is 6.69. The molecule has 2 rings (SSSR count). The van der Waals surface area contributed by atoms with Crippen LogP contribution in [0.4, 0.5) is 0 Å². The van der Waals surface area contributed by atoms with Gasteiger partial charge in [0.15, 0.2) is 0 Å². The lowest BCUT2D eigenvalue weighted by atomic mass is 9.81. The van der Waals surface area contributed by atoms with E-state index < -0.39 is 0 Å². The van der Waals surface area contributed by atoms with Gasteiger partial charge in [-0.05, 0) is 63.2 Å². The third kappa shape index (κ3) is 6.98. The van der Waals surface area contributed by atoms with Crippen molar-refractivity contribution in [2.24, 2.45) is 17.8 Å². The van der Waals surface area contributed by atoms with Gasteiger partial charge < -0.3 is 13.8 Å². The summed E-state index contributed by atoms with van der Waals surface area (Å²) >= 11 is 6.69. The number of rotatable bonds is 11. The zero-order chi connectivity index (χ0) is 18.8. The molecule has 26 heavy (non-hydrogen) atoms. The molecule has 7 unspecified atom stereocenters. The summed E-state index contributed by atoms with van der Waals surface area (Å²) in [6, 6.07) is 0. The first-order valence-corrected chi connectivity index (χ1v) is 11.7. The number of hydrogen-bond donors (Lipinski definition) is 0. The molecular weight excluding hydrogens is 386 g/mol. The molecule has 0 aromatic rings. The quantitative estimate of drug-likeness (QED) is 0.179. The number of hydrogen-bond acceptors (Lipinski definition) is 3. The largest absolute Gasteiger partial charge is 0.378 e. The van der Waals surface area contributed by atoms with Gasteiger partial charge in [0, 0.05) is 30.9 Å². The molecule has 0 saturated heterocycles. The fourth-order valence-corrected chi connectivity index (χ4v) is 5.92. The molecular formula is C20H37ClO3P2. The summed E-state index contributed by atoms with van der Waals surface area (Å²) in [6.45, 7) is 3.47. The summed E-state index contributed by atoms with van der Waals surface area (Å²) in [4.78, 5) is 0. The number of allylic oxidation sites excluding steroid dienone is 1. The molecule has 3 nitrogen and oxygen atoms in total. The Kier molecular flexibility index (Phi) is 11.6. The van der Waals surface area contributed by atoms with Gasteiger partial charge in [0.05, 0.1) is 18.8 Å². The summed E-state index contributed by atoms with van der Waals surface area (Å²) in [7, 11) is 4.97. The van der Waals surface area contributed by atoms with Crippen LogP contribution in [0.3, 0.4) is 0 Å². The molecule has 2 saturated carbocycles. The molecule has 152 valence electrons. The highest BCUT2D eigenvalue weighted by atomic mass is 35.5. The Balaban J connectivity index is 1.89. The summed E-state index contributed by atoms with van der Waals surface area (Å²) in [5.74, 6) is 1.68. The predicted molar refractivity (Wildman–Crippen MR) is 116 cm³/mol. The van der Waals surface area contributed by atoms with E-state index in [4.69, 9.17) is 25.4 Å². The van der Waals surface area contributed by atoms with Crippen molar-refractivity contribution in [3.63, 3.8) is 0 Å². The summed E-state index contributed by atoms with van der Waals surface area (Å²) < 4.78 is 16.9. The van der Waals surface area contributed by atoms with Crippen LogP contribution in [0.25, 0.3) is 0 Å². The van der Waals surface area contributed by atoms with Crippen molar-refractivity contribution in [1.82, 2.24) is 0 Å². The standard InChI is InChI=1S/C20H37ClO3P2/c1-2-22-13-7-6-10-16-17(20(24-26)14-18(16)21)11-12-19(23-25)15-8-4-3-5-9-15/h6-7,15-20H,2-5,8-14,25-26H2,1H3/b7-6+. The van der Waals surface area contributed by atoms with E-state index in [9.17, 15) is 0 Å². The maximum Gasteiger partial charge on any atom is 0.0656 e. The van der Waals surface area contributed by atoms with E-state index in [1.165, 1.54) is 32.1 Å². The second kappa shape index (κ2) is 13.1. The van der Waals surface area contributed by atoms with E-state index >= 15 is 0 Å². The maximum absolute atomic E-state index is 6.69. The second-order valence-electron chi connectivity index (χ2n) is 7.77.